The van der Waals surface area contributed by atoms with E-state index in [0.717, 1.165) is 35.9 Å². The summed E-state index contributed by atoms with van der Waals surface area (Å²) in [6.07, 6.45) is 4.04. The highest BCUT2D eigenvalue weighted by Gasteiger charge is 2.33. The van der Waals surface area contributed by atoms with Crippen LogP contribution >= 0.6 is 0 Å². The normalized spacial score (nSPS) is 14.3. The molecule has 1 aliphatic rings. The zero-order chi connectivity index (χ0) is 17.4. The average molecular weight is 333 g/mol. The van der Waals surface area contributed by atoms with Crippen molar-refractivity contribution in [3.05, 3.63) is 71.4 Å². The average Bonchev–Trinajstić information content (AvgIpc) is 3.03. The van der Waals surface area contributed by atoms with Gasteiger partial charge in [-0.25, -0.2) is 0 Å². The lowest BCUT2D eigenvalue weighted by Crippen LogP contribution is -2.23. The van der Waals surface area contributed by atoms with Gasteiger partial charge in [0.25, 0.3) is 0 Å². The Labute approximate surface area is 146 Å². The number of aromatic nitrogens is 1. The molecule has 2 heterocycles. The van der Waals surface area contributed by atoms with Crippen molar-refractivity contribution >= 4 is 22.7 Å². The van der Waals surface area contributed by atoms with Crippen LogP contribution in [0.15, 0.2) is 54.7 Å². The highest BCUT2D eigenvalue weighted by Crippen LogP contribution is 2.35. The molecule has 0 amide bonds. The van der Waals surface area contributed by atoms with E-state index in [0.29, 0.717) is 5.56 Å². The van der Waals surface area contributed by atoms with Gasteiger partial charge in [-0.1, -0.05) is 48.5 Å². The molecule has 0 N–H and O–H groups in total. The van der Waals surface area contributed by atoms with Crippen molar-refractivity contribution in [2.75, 3.05) is 7.11 Å². The lowest BCUT2D eigenvalue weighted by atomic mass is 9.90. The van der Waals surface area contributed by atoms with E-state index >= 15 is 0 Å². The molecule has 1 aromatic heterocycles. The molecule has 0 saturated carbocycles. The van der Waals surface area contributed by atoms with Crippen molar-refractivity contribution in [1.82, 2.24) is 4.57 Å². The number of rotatable bonds is 4. The van der Waals surface area contributed by atoms with Gasteiger partial charge in [-0.3, -0.25) is 9.59 Å². The number of carbonyl (C=O) groups is 2. The molecule has 0 spiro atoms. The Morgan fingerprint density at radius 3 is 2.64 bits per heavy atom. The number of hydrogen-bond donors (Lipinski definition) is 0. The second-order valence-electron chi connectivity index (χ2n) is 6.38. The van der Waals surface area contributed by atoms with Gasteiger partial charge in [0, 0.05) is 23.7 Å². The molecule has 1 atom stereocenters. The molecule has 2 aromatic carbocycles. The van der Waals surface area contributed by atoms with E-state index in [1.807, 2.05) is 24.4 Å². The summed E-state index contributed by atoms with van der Waals surface area (Å²) in [5.41, 5.74) is 3.66. The van der Waals surface area contributed by atoms with E-state index < -0.39 is 11.9 Å². The third kappa shape index (κ3) is 2.54. The summed E-state index contributed by atoms with van der Waals surface area (Å²) in [7, 11) is 1.33. The Morgan fingerprint density at radius 1 is 1.08 bits per heavy atom. The standard InChI is InChI=1S/C21H19NO3/c1-25-21(24)18(20(23)15-7-3-2-4-8-15)17-13-22-12-6-10-14-9-5-11-16(17)19(14)22/h2-5,7-9,11,13,18H,6,10,12H2,1H3. The van der Waals surface area contributed by atoms with Gasteiger partial charge in [0.2, 0.25) is 0 Å². The summed E-state index contributed by atoms with van der Waals surface area (Å²) in [5.74, 6) is -1.68. The molecular formula is C21H19NO3. The molecule has 1 unspecified atom stereocenters. The number of esters is 1. The van der Waals surface area contributed by atoms with Gasteiger partial charge in [-0.15, -0.1) is 0 Å². The number of aryl methyl sites for hydroxylation is 2. The monoisotopic (exact) mass is 333 g/mol. The van der Waals surface area contributed by atoms with E-state index in [2.05, 4.69) is 10.6 Å². The van der Waals surface area contributed by atoms with Crippen molar-refractivity contribution in [2.45, 2.75) is 25.3 Å². The smallest absolute Gasteiger partial charge is 0.321 e. The Bertz CT molecular complexity index is 956. The third-order valence-corrected chi connectivity index (χ3v) is 4.93. The van der Waals surface area contributed by atoms with Crippen LogP contribution in [0.3, 0.4) is 0 Å². The van der Waals surface area contributed by atoms with Crippen molar-refractivity contribution in [3.8, 4) is 0 Å². The van der Waals surface area contributed by atoms with Crippen LogP contribution in [0.2, 0.25) is 0 Å². The van der Waals surface area contributed by atoms with Crippen molar-refractivity contribution in [1.29, 1.82) is 0 Å². The summed E-state index contributed by atoms with van der Waals surface area (Å²) < 4.78 is 7.14. The number of carbonyl (C=O) groups excluding carboxylic acids is 2. The first-order valence-electron chi connectivity index (χ1n) is 8.48. The minimum atomic E-state index is -0.940. The van der Waals surface area contributed by atoms with E-state index in [1.54, 1.807) is 24.3 Å². The maximum Gasteiger partial charge on any atom is 0.321 e. The molecule has 4 nitrogen and oxygen atoms in total. The van der Waals surface area contributed by atoms with Gasteiger partial charge in [-0.05, 0) is 24.0 Å². The van der Waals surface area contributed by atoms with Crippen molar-refractivity contribution < 1.29 is 14.3 Å². The number of methoxy groups -OCH3 is 1. The van der Waals surface area contributed by atoms with Crippen LogP contribution in [0.25, 0.3) is 10.9 Å². The van der Waals surface area contributed by atoms with Crippen LogP contribution in [0.4, 0.5) is 0 Å². The molecule has 3 aromatic rings. The number of nitrogens with zero attached hydrogens (tertiary/aromatic N) is 1. The first-order valence-corrected chi connectivity index (χ1v) is 8.48. The SMILES string of the molecule is COC(=O)C(C(=O)c1ccccc1)c1cn2c3c(cccc13)CCC2. The number of hydrogen-bond acceptors (Lipinski definition) is 3. The van der Waals surface area contributed by atoms with Gasteiger partial charge in [-0.2, -0.15) is 0 Å². The molecule has 1 aliphatic heterocycles. The van der Waals surface area contributed by atoms with Gasteiger partial charge >= 0.3 is 5.97 Å². The van der Waals surface area contributed by atoms with Gasteiger partial charge in [0.05, 0.1) is 12.6 Å². The third-order valence-electron chi connectivity index (χ3n) is 4.93. The van der Waals surface area contributed by atoms with Gasteiger partial charge in [0.15, 0.2) is 5.78 Å². The van der Waals surface area contributed by atoms with Crippen molar-refractivity contribution in [3.63, 3.8) is 0 Å². The molecule has 0 bridgehead atoms. The fraction of sp³-hybridized carbons (Fsp3) is 0.238. The molecule has 126 valence electrons. The molecule has 25 heavy (non-hydrogen) atoms. The highest BCUT2D eigenvalue weighted by molar-refractivity contribution is 6.15. The second-order valence-corrected chi connectivity index (χ2v) is 6.38. The minimum absolute atomic E-state index is 0.226. The number of para-hydroxylation sites is 1. The Kier molecular flexibility index (Phi) is 3.88. The van der Waals surface area contributed by atoms with Gasteiger partial charge < -0.3 is 9.30 Å². The zero-order valence-electron chi connectivity index (χ0n) is 14.1. The van der Waals surface area contributed by atoms with E-state index in [9.17, 15) is 9.59 Å². The molecule has 0 aliphatic carbocycles. The lowest BCUT2D eigenvalue weighted by Gasteiger charge is -2.15. The number of Topliss-reactive ketones (excluding diaryl/α,β-unsaturated/α-hetero) is 1. The summed E-state index contributed by atoms with van der Waals surface area (Å²) >= 11 is 0. The predicted molar refractivity (Wildman–Crippen MR) is 95.8 cm³/mol. The zero-order valence-corrected chi connectivity index (χ0v) is 14.1. The van der Waals surface area contributed by atoms with Crippen LogP contribution in [0, 0.1) is 0 Å². The van der Waals surface area contributed by atoms with Crippen LogP contribution in [-0.4, -0.2) is 23.4 Å². The first kappa shape index (κ1) is 15.6. The summed E-state index contributed by atoms with van der Waals surface area (Å²) in [5, 5.41) is 0.969. The Balaban J connectivity index is 1.90. The van der Waals surface area contributed by atoms with Crippen LogP contribution in [0.1, 0.15) is 33.8 Å². The maximum atomic E-state index is 13.1. The predicted octanol–water partition coefficient (Wildman–Crippen LogP) is 3.73. The highest BCUT2D eigenvalue weighted by atomic mass is 16.5. The second kappa shape index (κ2) is 6.20. The molecular weight excluding hydrogens is 314 g/mol. The number of ketones is 1. The van der Waals surface area contributed by atoms with Gasteiger partial charge in [0.1, 0.15) is 5.92 Å². The first-order chi connectivity index (χ1) is 12.2. The maximum absolute atomic E-state index is 13.1. The lowest BCUT2D eigenvalue weighted by molar-refractivity contribution is -0.141. The summed E-state index contributed by atoms with van der Waals surface area (Å²) in [6.45, 7) is 0.904. The molecule has 0 fully saturated rings. The largest absolute Gasteiger partial charge is 0.468 e. The van der Waals surface area contributed by atoms with Crippen LogP contribution < -0.4 is 0 Å². The molecule has 0 saturated heterocycles. The van der Waals surface area contributed by atoms with Crippen LogP contribution in [0.5, 0.6) is 0 Å². The number of ether oxygens (including phenoxy) is 1. The minimum Gasteiger partial charge on any atom is -0.468 e. The quantitative estimate of drug-likeness (QED) is 0.415. The Hall–Kier alpha value is -2.88. The van der Waals surface area contributed by atoms with E-state index in [4.69, 9.17) is 4.74 Å². The fourth-order valence-electron chi connectivity index (χ4n) is 3.78. The van der Waals surface area contributed by atoms with E-state index in [1.165, 1.54) is 12.7 Å². The topological polar surface area (TPSA) is 48.3 Å². The summed E-state index contributed by atoms with van der Waals surface area (Å²) in [6, 6.07) is 15.0. The van der Waals surface area contributed by atoms with Crippen molar-refractivity contribution in [2.24, 2.45) is 0 Å². The molecule has 4 heteroatoms. The number of benzene rings is 2. The fourth-order valence-corrected chi connectivity index (χ4v) is 3.78. The summed E-state index contributed by atoms with van der Waals surface area (Å²) in [4.78, 5) is 25.6. The van der Waals surface area contributed by atoms with E-state index in [-0.39, 0.29) is 5.78 Å². The Morgan fingerprint density at radius 2 is 1.88 bits per heavy atom. The van der Waals surface area contributed by atoms with Crippen LogP contribution in [-0.2, 0) is 22.5 Å². The molecule has 4 rings (SSSR count). The molecule has 0 radical (unpaired) electrons.